The minimum Gasteiger partial charge on any atom is -0.497 e. The van der Waals surface area contributed by atoms with Crippen molar-refractivity contribution in [3.8, 4) is 18.1 Å². The molecule has 7 nitrogen and oxygen atoms in total. The molecule has 3 rings (SSSR count). The summed E-state index contributed by atoms with van der Waals surface area (Å²) in [5, 5.41) is 4.21. The van der Waals surface area contributed by atoms with E-state index in [-0.39, 0.29) is 0 Å². The number of ether oxygens (including phenoxy) is 1. The molecule has 2 heterocycles. The quantitative estimate of drug-likeness (QED) is 0.447. The summed E-state index contributed by atoms with van der Waals surface area (Å²) in [6.45, 7) is 6.81. The number of anilines is 1. The molecule has 0 spiro atoms. The van der Waals surface area contributed by atoms with Crippen molar-refractivity contribution < 1.29 is 4.74 Å². The molecule has 28 heavy (non-hydrogen) atoms. The van der Waals surface area contributed by atoms with E-state index in [4.69, 9.17) is 21.9 Å². The van der Waals surface area contributed by atoms with Gasteiger partial charge < -0.3 is 20.4 Å². The summed E-state index contributed by atoms with van der Waals surface area (Å²) >= 11 is 1.47. The zero-order chi connectivity index (χ0) is 20.1. The second-order valence-corrected chi connectivity index (χ2v) is 7.69. The second kappa shape index (κ2) is 8.95. The van der Waals surface area contributed by atoms with Crippen LogP contribution in [0, 0.1) is 18.3 Å². The Kier molecular flexibility index (Phi) is 6.39. The highest BCUT2D eigenvalue weighted by Crippen LogP contribution is 2.34. The molecule has 0 saturated carbocycles. The number of hydrogen-bond donors (Lipinski definition) is 2. The molecule has 0 aliphatic rings. The van der Waals surface area contributed by atoms with E-state index in [0.717, 1.165) is 34.5 Å². The van der Waals surface area contributed by atoms with Crippen LogP contribution in [0.25, 0.3) is 11.2 Å². The molecule has 0 aliphatic heterocycles. The molecule has 0 amide bonds. The Morgan fingerprint density at radius 2 is 2.18 bits per heavy atom. The van der Waals surface area contributed by atoms with Gasteiger partial charge in [-0.25, -0.2) is 15.0 Å². The number of nitrogens with two attached hydrogens (primary N) is 1. The minimum atomic E-state index is 0.364. The van der Waals surface area contributed by atoms with Gasteiger partial charge in [-0.1, -0.05) is 31.5 Å². The lowest BCUT2D eigenvalue weighted by Gasteiger charge is -2.12. The first-order valence-corrected chi connectivity index (χ1v) is 9.85. The molecule has 0 atom stereocenters. The Hall–Kier alpha value is -2.76. The molecule has 0 radical (unpaired) electrons. The number of benzene rings is 1. The van der Waals surface area contributed by atoms with Crippen LogP contribution < -0.4 is 15.8 Å². The molecule has 0 fully saturated rings. The smallest absolute Gasteiger partial charge is 0.175 e. The predicted molar refractivity (Wildman–Crippen MR) is 112 cm³/mol. The number of nitrogen functional groups attached to an aromatic ring is 1. The maximum absolute atomic E-state index is 6.02. The molecule has 0 unspecified atom stereocenters. The number of rotatable bonds is 8. The van der Waals surface area contributed by atoms with Crippen LogP contribution in [0.4, 0.5) is 5.82 Å². The maximum atomic E-state index is 6.02. The summed E-state index contributed by atoms with van der Waals surface area (Å²) in [5.74, 6) is 4.41. The summed E-state index contributed by atoms with van der Waals surface area (Å²) in [6, 6.07) is 5.63. The Labute approximate surface area is 169 Å². The number of imidazole rings is 1. The normalized spacial score (nSPS) is 11.1. The summed E-state index contributed by atoms with van der Waals surface area (Å²) < 4.78 is 7.39. The SMILES string of the molecule is C#Cc1ccc(OC)cc1Sc1nc2c(N)ncnc2n1CCNCC(C)C. The standard InChI is InChI=1S/C20H24N6OS/c1-5-14-6-7-15(27-4)10-16(14)28-20-25-17-18(21)23-12-24-19(17)26(20)9-8-22-11-13(2)3/h1,6-7,10,12-13,22H,8-9,11H2,2-4H3,(H2,21,23,24). The van der Waals surface area contributed by atoms with E-state index in [9.17, 15) is 0 Å². The second-order valence-electron chi connectivity index (χ2n) is 6.68. The Morgan fingerprint density at radius 3 is 2.89 bits per heavy atom. The van der Waals surface area contributed by atoms with Crippen molar-refractivity contribution in [3.63, 3.8) is 0 Å². The summed E-state index contributed by atoms with van der Waals surface area (Å²) in [7, 11) is 1.63. The fraction of sp³-hybridized carbons (Fsp3) is 0.350. The van der Waals surface area contributed by atoms with Gasteiger partial charge in [0, 0.05) is 23.5 Å². The Balaban J connectivity index is 1.97. The lowest BCUT2D eigenvalue weighted by molar-refractivity contribution is 0.413. The van der Waals surface area contributed by atoms with Crippen LogP contribution in [0.3, 0.4) is 0 Å². The first-order chi connectivity index (χ1) is 13.5. The number of methoxy groups -OCH3 is 1. The Bertz CT molecular complexity index is 1010. The zero-order valence-electron chi connectivity index (χ0n) is 16.3. The van der Waals surface area contributed by atoms with Gasteiger partial charge in [-0.15, -0.1) is 6.42 Å². The van der Waals surface area contributed by atoms with Crippen molar-refractivity contribution in [2.24, 2.45) is 5.92 Å². The molecular formula is C20H24N6OS. The molecule has 0 bridgehead atoms. The third kappa shape index (κ3) is 4.38. The monoisotopic (exact) mass is 396 g/mol. The largest absolute Gasteiger partial charge is 0.497 e. The average Bonchev–Trinajstić information content (AvgIpc) is 3.03. The van der Waals surface area contributed by atoms with Crippen LogP contribution in [-0.4, -0.2) is 39.7 Å². The molecule has 3 N–H and O–H groups in total. The van der Waals surface area contributed by atoms with Crippen LogP contribution in [0.2, 0.25) is 0 Å². The van der Waals surface area contributed by atoms with E-state index in [1.54, 1.807) is 7.11 Å². The van der Waals surface area contributed by atoms with E-state index in [1.807, 2.05) is 22.8 Å². The Morgan fingerprint density at radius 1 is 1.36 bits per heavy atom. The van der Waals surface area contributed by atoms with Gasteiger partial charge in [-0.3, -0.25) is 0 Å². The van der Waals surface area contributed by atoms with Crippen LogP contribution in [0.1, 0.15) is 19.4 Å². The number of terminal acetylenes is 1. The van der Waals surface area contributed by atoms with Gasteiger partial charge in [0.15, 0.2) is 22.1 Å². The maximum Gasteiger partial charge on any atom is 0.175 e. The lowest BCUT2D eigenvalue weighted by atomic mass is 10.2. The highest BCUT2D eigenvalue weighted by molar-refractivity contribution is 7.99. The molecule has 8 heteroatoms. The third-order valence-electron chi connectivity index (χ3n) is 4.14. The number of aromatic nitrogens is 4. The number of nitrogens with one attached hydrogen (secondary N) is 1. The fourth-order valence-corrected chi connectivity index (χ4v) is 3.76. The first-order valence-electron chi connectivity index (χ1n) is 9.03. The van der Waals surface area contributed by atoms with E-state index in [2.05, 4.69) is 35.1 Å². The predicted octanol–water partition coefficient (Wildman–Crippen LogP) is 2.80. The molecule has 0 saturated heterocycles. The van der Waals surface area contributed by atoms with Gasteiger partial charge in [-0.2, -0.15) is 0 Å². The van der Waals surface area contributed by atoms with E-state index < -0.39 is 0 Å². The molecule has 146 valence electrons. The van der Waals surface area contributed by atoms with Crippen molar-refractivity contribution in [1.82, 2.24) is 24.8 Å². The van der Waals surface area contributed by atoms with Crippen LogP contribution in [0.15, 0.2) is 34.6 Å². The molecule has 1 aromatic carbocycles. The summed E-state index contributed by atoms with van der Waals surface area (Å²) in [5.41, 5.74) is 8.11. The lowest BCUT2D eigenvalue weighted by Crippen LogP contribution is -2.24. The topological polar surface area (TPSA) is 90.9 Å². The van der Waals surface area contributed by atoms with E-state index >= 15 is 0 Å². The zero-order valence-corrected chi connectivity index (χ0v) is 17.1. The highest BCUT2D eigenvalue weighted by atomic mass is 32.2. The minimum absolute atomic E-state index is 0.364. The van der Waals surface area contributed by atoms with Crippen molar-refractivity contribution in [1.29, 1.82) is 0 Å². The average molecular weight is 397 g/mol. The van der Waals surface area contributed by atoms with Gasteiger partial charge in [0.1, 0.15) is 12.1 Å². The van der Waals surface area contributed by atoms with Crippen LogP contribution in [0.5, 0.6) is 5.75 Å². The van der Waals surface area contributed by atoms with Crippen LogP contribution in [-0.2, 0) is 6.54 Å². The highest BCUT2D eigenvalue weighted by Gasteiger charge is 2.17. The van der Waals surface area contributed by atoms with Gasteiger partial charge in [0.2, 0.25) is 0 Å². The molecular weight excluding hydrogens is 372 g/mol. The van der Waals surface area contributed by atoms with Gasteiger partial charge in [0.05, 0.1) is 7.11 Å². The first kappa shape index (κ1) is 20.0. The summed E-state index contributed by atoms with van der Waals surface area (Å²) in [6.07, 6.45) is 7.14. The number of hydrogen-bond acceptors (Lipinski definition) is 7. The summed E-state index contributed by atoms with van der Waals surface area (Å²) in [4.78, 5) is 14.0. The van der Waals surface area contributed by atoms with Crippen LogP contribution >= 0.6 is 11.8 Å². The van der Waals surface area contributed by atoms with Crippen molar-refractivity contribution >= 4 is 28.7 Å². The van der Waals surface area contributed by atoms with Gasteiger partial charge >= 0.3 is 0 Å². The van der Waals surface area contributed by atoms with Crippen molar-refractivity contribution in [2.45, 2.75) is 30.4 Å². The molecule has 2 aromatic heterocycles. The van der Waals surface area contributed by atoms with E-state index in [0.29, 0.717) is 29.4 Å². The van der Waals surface area contributed by atoms with Gasteiger partial charge in [-0.05, 0) is 30.7 Å². The fourth-order valence-electron chi connectivity index (χ4n) is 2.73. The molecule has 3 aromatic rings. The van der Waals surface area contributed by atoms with E-state index in [1.165, 1.54) is 18.1 Å². The third-order valence-corrected chi connectivity index (χ3v) is 5.19. The van der Waals surface area contributed by atoms with Crippen molar-refractivity contribution in [2.75, 3.05) is 25.9 Å². The van der Waals surface area contributed by atoms with Crippen molar-refractivity contribution in [3.05, 3.63) is 30.1 Å². The molecule has 0 aliphatic carbocycles. The van der Waals surface area contributed by atoms with Gasteiger partial charge in [0.25, 0.3) is 0 Å². The number of nitrogens with zero attached hydrogens (tertiary/aromatic N) is 4. The number of fused-ring (bicyclic) bond motifs is 1.